The number of carbonyl (C=O) groups is 1. The predicted octanol–water partition coefficient (Wildman–Crippen LogP) is 4.64. The molecule has 4 aromatic rings. The maximum atomic E-state index is 12.2. The van der Waals surface area contributed by atoms with Crippen molar-refractivity contribution in [3.8, 4) is 0 Å². The Hall–Kier alpha value is -3.96. The van der Waals surface area contributed by atoms with Crippen LogP contribution in [0.2, 0.25) is 0 Å². The van der Waals surface area contributed by atoms with Gasteiger partial charge in [-0.1, -0.05) is 48.5 Å². The fraction of sp³-hybridized carbons (Fsp3) is 0.258. The summed E-state index contributed by atoms with van der Waals surface area (Å²) in [5, 5.41) is 9.99. The van der Waals surface area contributed by atoms with Gasteiger partial charge in [-0.05, 0) is 71.4 Å². The molecule has 0 spiro atoms. The van der Waals surface area contributed by atoms with E-state index in [1.165, 1.54) is 42.2 Å². The number of anilines is 1. The monoisotopic (exact) mass is 573 g/mol. The average molecular weight is 574 g/mol. The first-order chi connectivity index (χ1) is 19.7. The zero-order valence-corrected chi connectivity index (χ0v) is 24.0. The second kappa shape index (κ2) is 12.3. The molecule has 1 unspecified atom stereocenters. The largest absolute Gasteiger partial charge is 0.361 e. The molecule has 1 aliphatic rings. The van der Waals surface area contributed by atoms with Crippen molar-refractivity contribution in [2.45, 2.75) is 31.8 Å². The SMILES string of the molecule is CN(C)S(=O)(=O)Nc1ccc(CN(CCc2c[nH]c3ccccc23)C2CCc3cc(/C=C/C(=O)NO)ccc32)cc1. The lowest BCUT2D eigenvalue weighted by Crippen LogP contribution is -2.30. The maximum absolute atomic E-state index is 12.2. The average Bonchev–Trinajstić information content (AvgIpc) is 3.58. The van der Waals surface area contributed by atoms with Crippen LogP contribution < -0.4 is 10.2 Å². The van der Waals surface area contributed by atoms with Crippen molar-refractivity contribution in [1.29, 1.82) is 0 Å². The number of nitrogens with zero attached hydrogens (tertiary/aromatic N) is 2. The van der Waals surface area contributed by atoms with Gasteiger partial charge in [0, 0.05) is 62.1 Å². The summed E-state index contributed by atoms with van der Waals surface area (Å²) >= 11 is 0. The third kappa shape index (κ3) is 6.68. The van der Waals surface area contributed by atoms with Crippen LogP contribution in [-0.4, -0.2) is 54.4 Å². The second-order valence-electron chi connectivity index (χ2n) is 10.5. The quantitative estimate of drug-likeness (QED) is 0.119. The molecule has 0 saturated heterocycles. The van der Waals surface area contributed by atoms with Crippen LogP contribution in [0.25, 0.3) is 17.0 Å². The van der Waals surface area contributed by atoms with E-state index in [0.29, 0.717) is 12.2 Å². The van der Waals surface area contributed by atoms with Crippen LogP contribution >= 0.6 is 0 Å². The molecule has 1 aliphatic carbocycles. The molecule has 5 rings (SSSR count). The minimum absolute atomic E-state index is 0.223. The molecular formula is C31H35N5O4S. The number of aryl methyl sites for hydroxylation is 1. The van der Waals surface area contributed by atoms with Gasteiger partial charge in [-0.3, -0.25) is 19.6 Å². The lowest BCUT2D eigenvalue weighted by atomic mass is 10.0. The van der Waals surface area contributed by atoms with Gasteiger partial charge in [0.25, 0.3) is 5.91 Å². The van der Waals surface area contributed by atoms with E-state index in [9.17, 15) is 13.2 Å². The Morgan fingerprint density at radius 3 is 2.63 bits per heavy atom. The number of carbonyl (C=O) groups excluding carboxylic acids is 1. The number of rotatable bonds is 11. The number of benzene rings is 3. The number of fused-ring (bicyclic) bond motifs is 2. The maximum Gasteiger partial charge on any atom is 0.301 e. The summed E-state index contributed by atoms with van der Waals surface area (Å²) in [4.78, 5) is 17.3. The van der Waals surface area contributed by atoms with Gasteiger partial charge >= 0.3 is 10.2 Å². The second-order valence-corrected chi connectivity index (χ2v) is 12.4. The fourth-order valence-corrected chi connectivity index (χ4v) is 6.02. The molecule has 10 heteroatoms. The zero-order chi connectivity index (χ0) is 29.0. The van der Waals surface area contributed by atoms with Crippen molar-refractivity contribution in [3.63, 3.8) is 0 Å². The molecule has 0 fully saturated rings. The van der Waals surface area contributed by atoms with E-state index in [1.54, 1.807) is 23.7 Å². The fourth-order valence-electron chi connectivity index (χ4n) is 5.41. The van der Waals surface area contributed by atoms with Gasteiger partial charge in [-0.25, -0.2) is 5.48 Å². The Morgan fingerprint density at radius 2 is 1.88 bits per heavy atom. The molecule has 1 amide bonds. The first-order valence-electron chi connectivity index (χ1n) is 13.6. The molecular weight excluding hydrogens is 538 g/mol. The lowest BCUT2D eigenvalue weighted by molar-refractivity contribution is -0.124. The molecule has 3 aromatic carbocycles. The first kappa shape index (κ1) is 28.6. The van der Waals surface area contributed by atoms with Gasteiger partial charge < -0.3 is 4.98 Å². The van der Waals surface area contributed by atoms with E-state index in [4.69, 9.17) is 5.21 Å². The number of para-hydroxylation sites is 1. The van der Waals surface area contributed by atoms with Crippen molar-refractivity contribution < 1.29 is 18.4 Å². The predicted molar refractivity (Wildman–Crippen MR) is 162 cm³/mol. The minimum Gasteiger partial charge on any atom is -0.361 e. The van der Waals surface area contributed by atoms with Crippen molar-refractivity contribution in [2.24, 2.45) is 0 Å². The van der Waals surface area contributed by atoms with E-state index in [0.717, 1.165) is 46.8 Å². The van der Waals surface area contributed by atoms with E-state index < -0.39 is 16.1 Å². The summed E-state index contributed by atoms with van der Waals surface area (Å²) < 4.78 is 28.2. The van der Waals surface area contributed by atoms with E-state index in [1.807, 2.05) is 24.3 Å². The van der Waals surface area contributed by atoms with Crippen LogP contribution in [0.15, 0.2) is 79.0 Å². The zero-order valence-electron chi connectivity index (χ0n) is 23.2. The third-order valence-corrected chi connectivity index (χ3v) is 9.06. The summed E-state index contributed by atoms with van der Waals surface area (Å²) in [6, 6.07) is 22.4. The van der Waals surface area contributed by atoms with E-state index in [-0.39, 0.29) is 6.04 Å². The molecule has 0 bridgehead atoms. The molecule has 1 heterocycles. The summed E-state index contributed by atoms with van der Waals surface area (Å²) in [5.74, 6) is -0.563. The Labute approximate surface area is 240 Å². The molecule has 9 nitrogen and oxygen atoms in total. The first-order valence-corrected chi connectivity index (χ1v) is 15.0. The van der Waals surface area contributed by atoms with Gasteiger partial charge in [0.1, 0.15) is 0 Å². The van der Waals surface area contributed by atoms with Crippen LogP contribution in [0.3, 0.4) is 0 Å². The Morgan fingerprint density at radius 1 is 1.10 bits per heavy atom. The van der Waals surface area contributed by atoms with Gasteiger partial charge in [-0.15, -0.1) is 0 Å². The van der Waals surface area contributed by atoms with E-state index >= 15 is 0 Å². The van der Waals surface area contributed by atoms with Gasteiger partial charge in [-0.2, -0.15) is 12.7 Å². The third-order valence-electron chi connectivity index (χ3n) is 7.60. The lowest BCUT2D eigenvalue weighted by Gasteiger charge is -2.30. The summed E-state index contributed by atoms with van der Waals surface area (Å²) in [6.07, 6.45) is 7.90. The molecule has 1 atom stereocenters. The Bertz CT molecular complexity index is 1660. The summed E-state index contributed by atoms with van der Waals surface area (Å²) in [7, 11) is -0.583. The highest BCUT2D eigenvalue weighted by Gasteiger charge is 2.28. The minimum atomic E-state index is -3.57. The van der Waals surface area contributed by atoms with Crippen molar-refractivity contribution >= 4 is 38.8 Å². The number of hydroxylamine groups is 1. The molecule has 0 aliphatic heterocycles. The van der Waals surface area contributed by atoms with Crippen LogP contribution in [0.1, 0.15) is 40.3 Å². The molecule has 41 heavy (non-hydrogen) atoms. The highest BCUT2D eigenvalue weighted by atomic mass is 32.2. The smallest absolute Gasteiger partial charge is 0.301 e. The number of aromatic nitrogens is 1. The molecule has 214 valence electrons. The number of H-pyrrole nitrogens is 1. The number of hydrogen-bond acceptors (Lipinski definition) is 5. The molecule has 4 N–H and O–H groups in total. The number of nitrogens with one attached hydrogen (secondary N) is 3. The summed E-state index contributed by atoms with van der Waals surface area (Å²) in [5.41, 5.74) is 9.09. The molecule has 1 aromatic heterocycles. The highest BCUT2D eigenvalue weighted by molar-refractivity contribution is 7.90. The number of amides is 1. The Balaban J connectivity index is 1.38. The number of aromatic amines is 1. The van der Waals surface area contributed by atoms with Crippen LogP contribution in [0, 0.1) is 0 Å². The molecule has 0 radical (unpaired) electrons. The van der Waals surface area contributed by atoms with Crippen molar-refractivity contribution in [1.82, 2.24) is 19.7 Å². The normalized spacial score (nSPS) is 15.2. The standard InChI is InChI=1S/C31H35N5O4S/c1-35(2)41(39,40)34-26-12-7-23(8-13-26)21-36(18-17-25-20-32-29-6-4-3-5-27(25)29)30-15-11-24-19-22(9-14-28(24)30)10-16-31(37)33-38/h3-10,12-14,16,19-20,30,32,34,38H,11,15,17-18,21H2,1-2H3,(H,33,37)/b16-10+. The van der Waals surface area contributed by atoms with Gasteiger partial charge in [0.15, 0.2) is 0 Å². The topological polar surface area (TPSA) is 118 Å². The summed E-state index contributed by atoms with van der Waals surface area (Å²) in [6.45, 7) is 1.56. The Kier molecular flexibility index (Phi) is 8.55. The van der Waals surface area contributed by atoms with Gasteiger partial charge in [0.05, 0.1) is 0 Å². The van der Waals surface area contributed by atoms with Crippen molar-refractivity contribution in [2.75, 3.05) is 25.4 Å². The van der Waals surface area contributed by atoms with Crippen molar-refractivity contribution in [3.05, 3.63) is 107 Å². The number of hydrogen-bond donors (Lipinski definition) is 4. The highest BCUT2D eigenvalue weighted by Crippen LogP contribution is 2.37. The molecule has 0 saturated carbocycles. The van der Waals surface area contributed by atoms with Crippen LogP contribution in [-0.2, 0) is 34.4 Å². The van der Waals surface area contributed by atoms with Gasteiger partial charge in [0.2, 0.25) is 0 Å². The van der Waals surface area contributed by atoms with Crippen LogP contribution in [0.5, 0.6) is 0 Å². The van der Waals surface area contributed by atoms with E-state index in [2.05, 4.69) is 51.1 Å². The van der Waals surface area contributed by atoms with Crippen LogP contribution in [0.4, 0.5) is 5.69 Å².